The summed E-state index contributed by atoms with van der Waals surface area (Å²) >= 11 is 0.594. The highest BCUT2D eigenvalue weighted by molar-refractivity contribution is 8.13. The second-order valence-electron chi connectivity index (χ2n) is 8.32. The average Bonchev–Trinajstić information content (AvgIpc) is 3.41. The first kappa shape index (κ1) is 30.0. The molecule has 1 fully saturated rings. The van der Waals surface area contributed by atoms with Crippen molar-refractivity contribution in [3.05, 3.63) is 44.3 Å². The van der Waals surface area contributed by atoms with E-state index < -0.39 is 41.7 Å². The van der Waals surface area contributed by atoms with Crippen LogP contribution in [-0.4, -0.2) is 73.5 Å². The minimum atomic E-state index is -1.26. The van der Waals surface area contributed by atoms with Crippen LogP contribution in [0.25, 0.3) is 0 Å². The van der Waals surface area contributed by atoms with E-state index in [2.05, 4.69) is 10.2 Å². The quantitative estimate of drug-likeness (QED) is 0.206. The van der Waals surface area contributed by atoms with Gasteiger partial charge in [0.25, 0.3) is 0 Å². The van der Waals surface area contributed by atoms with Crippen molar-refractivity contribution < 1.29 is 51.0 Å². The van der Waals surface area contributed by atoms with Gasteiger partial charge in [0, 0.05) is 18.8 Å². The van der Waals surface area contributed by atoms with Gasteiger partial charge in [0.1, 0.15) is 6.04 Å². The van der Waals surface area contributed by atoms with Gasteiger partial charge >= 0.3 is 29.0 Å². The second kappa shape index (κ2) is 15.2. The number of unbranched alkanes of at least 4 members (excludes halogenated alkanes) is 1. The lowest BCUT2D eigenvalue weighted by Gasteiger charge is -2.26. The van der Waals surface area contributed by atoms with Crippen molar-refractivity contribution in [2.45, 2.75) is 45.9 Å². The van der Waals surface area contributed by atoms with Crippen LogP contribution in [0.5, 0.6) is 0 Å². The zero-order valence-electron chi connectivity index (χ0n) is 21.5. The van der Waals surface area contributed by atoms with E-state index in [-0.39, 0.29) is 42.0 Å². The smallest absolute Gasteiger partial charge is 0.464 e. The van der Waals surface area contributed by atoms with E-state index in [0.717, 1.165) is 26.1 Å². The first-order chi connectivity index (χ1) is 18.7. The van der Waals surface area contributed by atoms with Crippen molar-refractivity contribution in [1.29, 1.82) is 0 Å². The molecule has 1 amide bonds. The maximum absolute atomic E-state index is 12.7. The number of aryl methyl sites for hydroxylation is 2. The number of alkyl carbamates (subject to hydrolysis) is 1. The van der Waals surface area contributed by atoms with Crippen LogP contribution in [0.4, 0.5) is 9.59 Å². The Morgan fingerprint density at radius 3 is 2.10 bits per heavy atom. The molecule has 0 bridgehead atoms. The molecule has 1 N–H and O–H groups in total. The molecule has 216 valence electrons. The van der Waals surface area contributed by atoms with E-state index >= 15 is 0 Å². The maximum atomic E-state index is 12.7. The van der Waals surface area contributed by atoms with Crippen molar-refractivity contribution in [3.63, 3.8) is 0 Å². The van der Waals surface area contributed by atoms with Crippen LogP contribution in [0.15, 0.2) is 27.3 Å². The molecule has 39 heavy (non-hydrogen) atoms. The van der Waals surface area contributed by atoms with E-state index in [9.17, 15) is 24.0 Å². The third-order valence-electron chi connectivity index (χ3n) is 5.49. The summed E-state index contributed by atoms with van der Waals surface area (Å²) in [5.74, 6) is -2.52. The Balaban J connectivity index is 1.47. The zero-order chi connectivity index (χ0) is 28.2. The lowest BCUT2D eigenvalue weighted by Crippen LogP contribution is -2.44. The summed E-state index contributed by atoms with van der Waals surface area (Å²) < 4.78 is 39.5. The minimum Gasteiger partial charge on any atom is -0.464 e. The summed E-state index contributed by atoms with van der Waals surface area (Å²) in [6, 6.07) is -1.26. The van der Waals surface area contributed by atoms with Gasteiger partial charge in [-0.3, -0.25) is 4.90 Å². The predicted molar refractivity (Wildman–Crippen MR) is 131 cm³/mol. The highest BCUT2D eigenvalue weighted by atomic mass is 32.2. The summed E-state index contributed by atoms with van der Waals surface area (Å²) in [7, 11) is 0. The lowest BCUT2D eigenvalue weighted by molar-refractivity contribution is -0.145. The molecule has 0 unspecified atom stereocenters. The Hall–Kier alpha value is -3.50. The Kier molecular flexibility index (Phi) is 11.7. The van der Waals surface area contributed by atoms with E-state index in [0.29, 0.717) is 31.4 Å². The molecule has 0 aromatic carbocycles. The monoisotopic (exact) mass is 574 g/mol. The highest BCUT2D eigenvalue weighted by Gasteiger charge is 2.26. The second-order valence-corrected chi connectivity index (χ2v) is 9.27. The van der Waals surface area contributed by atoms with Gasteiger partial charge in [0.15, 0.2) is 36.3 Å². The molecule has 1 atom stereocenters. The van der Waals surface area contributed by atoms with Crippen molar-refractivity contribution in [2.75, 3.05) is 45.2 Å². The largest absolute Gasteiger partial charge is 0.519 e. The predicted octanol–water partition coefficient (Wildman–Crippen LogP) is 1.72. The highest BCUT2D eigenvalue weighted by Crippen LogP contribution is 2.14. The summed E-state index contributed by atoms with van der Waals surface area (Å²) in [6.45, 7) is 6.22. The van der Waals surface area contributed by atoms with Crippen molar-refractivity contribution in [3.8, 4) is 0 Å². The van der Waals surface area contributed by atoms with Crippen molar-refractivity contribution >= 4 is 29.1 Å². The van der Waals surface area contributed by atoms with Crippen LogP contribution in [0.1, 0.15) is 35.9 Å². The Bertz CT molecular complexity index is 1210. The topological polar surface area (TPSA) is 190 Å². The van der Waals surface area contributed by atoms with E-state index in [1.807, 2.05) is 0 Å². The number of morpholine rings is 1. The fourth-order valence-electron chi connectivity index (χ4n) is 3.35. The zero-order valence-corrected chi connectivity index (χ0v) is 22.3. The Labute approximate surface area is 226 Å². The number of nitrogens with zero attached hydrogens (tertiary/aromatic N) is 1. The number of ether oxygens (including phenoxy) is 4. The molecule has 3 rings (SSSR count). The van der Waals surface area contributed by atoms with Gasteiger partial charge in [-0.2, -0.15) is 0 Å². The number of rotatable bonds is 13. The number of carbonyl (C=O) groups excluding carboxylic acids is 3. The molecule has 1 aliphatic heterocycles. The summed E-state index contributed by atoms with van der Waals surface area (Å²) in [5.41, 5.74) is 0. The fourth-order valence-corrected chi connectivity index (χ4v) is 4.01. The molecule has 0 saturated carbocycles. The number of hydrogen-bond donors (Lipinski definition) is 1. The van der Waals surface area contributed by atoms with Crippen LogP contribution in [0.2, 0.25) is 0 Å². The molecule has 3 heterocycles. The van der Waals surface area contributed by atoms with Gasteiger partial charge in [-0.05, 0) is 45.0 Å². The third kappa shape index (κ3) is 10.3. The van der Waals surface area contributed by atoms with Gasteiger partial charge in [-0.1, -0.05) is 0 Å². The van der Waals surface area contributed by atoms with Crippen molar-refractivity contribution in [1.82, 2.24) is 10.2 Å². The number of amides is 1. The summed E-state index contributed by atoms with van der Waals surface area (Å²) in [4.78, 5) is 61.7. The van der Waals surface area contributed by atoms with E-state index in [4.69, 9.17) is 36.6 Å². The van der Waals surface area contributed by atoms with Crippen LogP contribution in [-0.2, 0) is 37.0 Å². The molecule has 16 heteroatoms. The first-order valence-corrected chi connectivity index (χ1v) is 13.1. The molecule has 2 aromatic rings. The summed E-state index contributed by atoms with van der Waals surface area (Å²) in [6.07, 6.45) is 0.383. The van der Waals surface area contributed by atoms with Gasteiger partial charge in [0.2, 0.25) is 0 Å². The first-order valence-electron chi connectivity index (χ1n) is 12.1. The Morgan fingerprint density at radius 1 is 0.897 bits per heavy atom. The van der Waals surface area contributed by atoms with Crippen LogP contribution in [0, 0.1) is 13.8 Å². The maximum Gasteiger partial charge on any atom is 0.519 e. The summed E-state index contributed by atoms with van der Waals surface area (Å²) in [5, 5.41) is 1.54. The normalized spacial score (nSPS) is 14.5. The molecule has 0 radical (unpaired) electrons. The average molecular weight is 575 g/mol. The number of carbonyl (C=O) groups is 3. The third-order valence-corrected chi connectivity index (χ3v) is 6.34. The molecule has 0 aliphatic carbocycles. The van der Waals surface area contributed by atoms with Gasteiger partial charge in [0.05, 0.1) is 19.8 Å². The van der Waals surface area contributed by atoms with Crippen LogP contribution >= 0.6 is 11.8 Å². The number of esters is 1. The molecule has 1 saturated heterocycles. The van der Waals surface area contributed by atoms with Crippen LogP contribution in [0.3, 0.4) is 0 Å². The molecular formula is C23H30N2O13S. The van der Waals surface area contributed by atoms with Gasteiger partial charge < -0.3 is 41.9 Å². The SMILES string of the molecule is Cc1oc(=O)oc1COC(=O)N[C@@H](CSC(=O)OCc1oc(=O)oc1C)C(=O)OCCCCN1CCOCC1. The van der Waals surface area contributed by atoms with Gasteiger partial charge in [-0.15, -0.1) is 0 Å². The molecule has 15 nitrogen and oxygen atoms in total. The van der Waals surface area contributed by atoms with Crippen LogP contribution < -0.4 is 17.0 Å². The number of hydrogen-bond acceptors (Lipinski definition) is 15. The molecule has 2 aromatic heterocycles. The standard InChI is InChI=1S/C23H30N2O13S/c1-14-17(37-21(28)35-14)11-33-20(27)24-16(13-39-23(30)34-12-18-15(2)36-22(29)38-18)19(26)32-8-4-3-5-25-6-9-31-10-7-25/h16H,3-13H2,1-2H3,(H,24,27)/t16-/m0/s1. The van der Waals surface area contributed by atoms with Gasteiger partial charge in [-0.25, -0.2) is 24.0 Å². The minimum absolute atomic E-state index is 0.00804. The fraction of sp³-hybridized carbons (Fsp3) is 0.609. The van der Waals surface area contributed by atoms with E-state index in [1.165, 1.54) is 13.8 Å². The Morgan fingerprint density at radius 2 is 1.51 bits per heavy atom. The molecule has 0 spiro atoms. The number of thioether (sulfide) groups is 1. The van der Waals surface area contributed by atoms with E-state index in [1.54, 1.807) is 0 Å². The molecule has 1 aliphatic rings. The van der Waals surface area contributed by atoms with Crippen molar-refractivity contribution in [2.24, 2.45) is 0 Å². The molecular weight excluding hydrogens is 544 g/mol. The number of nitrogens with one attached hydrogen (secondary N) is 1. The lowest BCUT2D eigenvalue weighted by atomic mass is 10.3.